The summed E-state index contributed by atoms with van der Waals surface area (Å²) in [5.41, 5.74) is 0.312. The Morgan fingerprint density at radius 1 is 0.733 bits per heavy atom. The van der Waals surface area contributed by atoms with E-state index in [9.17, 15) is 0 Å². The predicted octanol–water partition coefficient (Wildman–Crippen LogP) is 9.18. The quantitative estimate of drug-likeness (QED) is 0.262. The maximum Gasteiger partial charge on any atom is 0.0325 e. The van der Waals surface area contributed by atoms with Gasteiger partial charge in [0.2, 0.25) is 0 Å². The van der Waals surface area contributed by atoms with Gasteiger partial charge >= 0.3 is 0 Å². The van der Waals surface area contributed by atoms with Gasteiger partial charge in [-0.3, -0.25) is 0 Å². The van der Waals surface area contributed by atoms with Crippen LogP contribution in [0.5, 0.6) is 0 Å². The summed E-state index contributed by atoms with van der Waals surface area (Å²) in [6, 6.07) is 0. The van der Waals surface area contributed by atoms with Crippen LogP contribution in [0, 0.1) is 52.3 Å². The lowest BCUT2D eigenvalue weighted by molar-refractivity contribution is 0.115. The molecule has 2 fully saturated rings. The van der Waals surface area contributed by atoms with Crippen LogP contribution in [0.1, 0.15) is 137 Å². The van der Waals surface area contributed by atoms with Gasteiger partial charge in [-0.15, -0.1) is 0 Å². The minimum absolute atomic E-state index is 0.0527. The average molecular weight is 411 g/mol. The third kappa shape index (κ3) is 9.09. The maximum atomic E-state index is 3.70. The molecule has 0 aromatic heterocycles. The second-order valence-electron chi connectivity index (χ2n) is 11.6. The molecule has 0 bridgehead atoms. The molecule has 0 unspecified atom stereocenters. The fourth-order valence-corrected chi connectivity index (χ4v) is 5.83. The summed E-state index contributed by atoms with van der Waals surface area (Å²) in [7, 11) is 0. The Morgan fingerprint density at radius 3 is 1.93 bits per heavy atom. The van der Waals surface area contributed by atoms with Gasteiger partial charge in [0.25, 0.3) is 0 Å². The van der Waals surface area contributed by atoms with Crippen LogP contribution in [0.25, 0.3) is 0 Å². The van der Waals surface area contributed by atoms with Gasteiger partial charge in [-0.1, -0.05) is 83.5 Å². The summed E-state index contributed by atoms with van der Waals surface area (Å²) >= 11 is 0. The first kappa shape index (κ1) is 25.4. The van der Waals surface area contributed by atoms with Crippen molar-refractivity contribution in [3.8, 4) is 23.7 Å². The minimum Gasteiger partial charge on any atom is -0.0832 e. The number of hydrogen-bond acceptors (Lipinski definition) is 0. The molecule has 0 nitrogen and oxygen atoms in total. The molecule has 0 aromatic rings. The van der Waals surface area contributed by atoms with E-state index in [2.05, 4.69) is 58.3 Å². The molecule has 0 radical (unpaired) electrons. The number of rotatable bonds is 9. The molecule has 0 N–H and O–H groups in total. The van der Waals surface area contributed by atoms with Gasteiger partial charge in [0.05, 0.1) is 0 Å². The van der Waals surface area contributed by atoms with Crippen molar-refractivity contribution < 1.29 is 0 Å². The Labute approximate surface area is 189 Å². The Morgan fingerprint density at radius 2 is 1.33 bits per heavy atom. The first-order valence-corrected chi connectivity index (χ1v) is 13.4. The molecule has 0 heterocycles. The highest BCUT2D eigenvalue weighted by Crippen LogP contribution is 2.48. The normalized spacial score (nSPS) is 29.4. The molecule has 0 amide bonds. The highest BCUT2D eigenvalue weighted by molar-refractivity contribution is 5.31. The molecule has 0 heteroatoms. The largest absolute Gasteiger partial charge is 0.0832 e. The molecule has 170 valence electrons. The zero-order valence-electron chi connectivity index (χ0n) is 21.0. The summed E-state index contributed by atoms with van der Waals surface area (Å²) in [5, 5.41) is 0. The fraction of sp³-hybridized carbons (Fsp3) is 0.867. The zero-order chi connectivity index (χ0) is 21.9. The molecule has 0 aliphatic heterocycles. The lowest BCUT2D eigenvalue weighted by Gasteiger charge is -2.41. The van der Waals surface area contributed by atoms with Crippen molar-refractivity contribution in [2.75, 3.05) is 0 Å². The van der Waals surface area contributed by atoms with Crippen LogP contribution in [0.2, 0.25) is 0 Å². The third-order valence-electron chi connectivity index (χ3n) is 7.85. The molecule has 2 aliphatic rings. The van der Waals surface area contributed by atoms with Gasteiger partial charge in [-0.25, -0.2) is 0 Å². The highest BCUT2D eigenvalue weighted by atomic mass is 14.4. The summed E-state index contributed by atoms with van der Waals surface area (Å²) < 4.78 is 0. The van der Waals surface area contributed by atoms with Crippen LogP contribution in [0.4, 0.5) is 0 Å². The fourth-order valence-electron chi connectivity index (χ4n) is 5.83. The molecular formula is C30H50. The van der Waals surface area contributed by atoms with Crippen molar-refractivity contribution in [1.29, 1.82) is 0 Å². The van der Waals surface area contributed by atoms with Gasteiger partial charge in [-0.05, 0) is 95.3 Å². The van der Waals surface area contributed by atoms with Crippen LogP contribution in [0.15, 0.2) is 0 Å². The lowest BCUT2D eigenvalue weighted by atomic mass is 9.63. The van der Waals surface area contributed by atoms with Crippen molar-refractivity contribution in [3.63, 3.8) is 0 Å². The van der Waals surface area contributed by atoms with E-state index in [1.807, 2.05) is 0 Å². The smallest absolute Gasteiger partial charge is 0.0325 e. The van der Waals surface area contributed by atoms with Crippen LogP contribution in [0.3, 0.4) is 0 Å². The molecule has 2 saturated carbocycles. The zero-order valence-corrected chi connectivity index (χ0v) is 21.0. The third-order valence-corrected chi connectivity index (χ3v) is 7.85. The van der Waals surface area contributed by atoms with Gasteiger partial charge in [-0.2, -0.15) is 0 Å². The van der Waals surface area contributed by atoms with Crippen molar-refractivity contribution >= 4 is 0 Å². The molecule has 0 aromatic carbocycles. The minimum atomic E-state index is 0.0527. The first-order chi connectivity index (χ1) is 14.4. The average Bonchev–Trinajstić information content (AvgIpc) is 2.72. The topological polar surface area (TPSA) is 0 Å². The monoisotopic (exact) mass is 410 g/mol. The Kier molecular flexibility index (Phi) is 10.9. The van der Waals surface area contributed by atoms with Gasteiger partial charge < -0.3 is 0 Å². The van der Waals surface area contributed by atoms with E-state index in [-0.39, 0.29) is 10.8 Å². The van der Waals surface area contributed by atoms with Crippen molar-refractivity contribution in [2.45, 2.75) is 137 Å². The SMILES string of the molecule is CCCCCC1CCC(C2CCC(C#CC#CC(C)(C)C)(CCCCC)CC2)CC1. The molecule has 0 spiro atoms. The molecule has 30 heavy (non-hydrogen) atoms. The summed E-state index contributed by atoms with van der Waals surface area (Å²) in [6.07, 6.45) is 22.5. The van der Waals surface area contributed by atoms with E-state index in [4.69, 9.17) is 0 Å². The molecule has 0 saturated heterocycles. The van der Waals surface area contributed by atoms with Gasteiger partial charge in [0.1, 0.15) is 0 Å². The molecule has 2 aliphatic carbocycles. The van der Waals surface area contributed by atoms with Crippen molar-refractivity contribution in [3.05, 3.63) is 0 Å². The van der Waals surface area contributed by atoms with Crippen LogP contribution < -0.4 is 0 Å². The second kappa shape index (κ2) is 12.8. The van der Waals surface area contributed by atoms with E-state index in [0.717, 1.165) is 17.8 Å². The summed E-state index contributed by atoms with van der Waals surface area (Å²) in [5.74, 6) is 16.5. The molecule has 0 atom stereocenters. The van der Waals surface area contributed by atoms with Crippen molar-refractivity contribution in [1.82, 2.24) is 0 Å². The molecular weight excluding hydrogens is 360 g/mol. The van der Waals surface area contributed by atoms with E-state index in [0.29, 0.717) is 0 Å². The van der Waals surface area contributed by atoms with E-state index in [1.54, 1.807) is 0 Å². The van der Waals surface area contributed by atoms with E-state index >= 15 is 0 Å². The standard InChI is InChI=1S/C30H50/c1-6-8-10-14-26-15-17-27(18-16-26)28-19-24-30(25-20-28,22-11-9-7-2)23-13-12-21-29(3,4)5/h26-28H,6-11,14-20,22,24-25H2,1-5H3. The summed E-state index contributed by atoms with van der Waals surface area (Å²) in [6.45, 7) is 11.1. The Bertz CT molecular complexity index is 580. The number of hydrogen-bond donors (Lipinski definition) is 0. The van der Waals surface area contributed by atoms with Gasteiger partial charge in [0.15, 0.2) is 0 Å². The van der Waals surface area contributed by atoms with Crippen LogP contribution >= 0.6 is 0 Å². The van der Waals surface area contributed by atoms with Crippen LogP contribution in [-0.2, 0) is 0 Å². The number of unbranched alkanes of at least 4 members (excludes halogenated alkanes) is 4. The van der Waals surface area contributed by atoms with E-state index < -0.39 is 0 Å². The predicted molar refractivity (Wildman–Crippen MR) is 133 cm³/mol. The second-order valence-corrected chi connectivity index (χ2v) is 11.6. The molecule has 2 rings (SSSR count). The van der Waals surface area contributed by atoms with Gasteiger partial charge in [0, 0.05) is 10.8 Å². The Hall–Kier alpha value is -0.880. The maximum absolute atomic E-state index is 3.70. The van der Waals surface area contributed by atoms with E-state index in [1.165, 1.54) is 103 Å². The first-order valence-electron chi connectivity index (χ1n) is 13.4. The highest BCUT2D eigenvalue weighted by Gasteiger charge is 2.37. The van der Waals surface area contributed by atoms with Crippen LogP contribution in [-0.4, -0.2) is 0 Å². The summed E-state index contributed by atoms with van der Waals surface area (Å²) in [4.78, 5) is 0. The lowest BCUT2D eigenvalue weighted by Crippen LogP contribution is -2.31. The Balaban J connectivity index is 1.88. The van der Waals surface area contributed by atoms with Crippen molar-refractivity contribution in [2.24, 2.45) is 28.6 Å².